The van der Waals surface area contributed by atoms with E-state index in [-0.39, 0.29) is 0 Å². The molecule has 1 rings (SSSR count). The first-order valence-electron chi connectivity index (χ1n) is 4.64. The lowest BCUT2D eigenvalue weighted by atomic mass is 9.99. The highest BCUT2D eigenvalue weighted by atomic mass is 35.5. The molecule has 0 radical (unpaired) electrons. The molecular weight excluding hydrogens is 214 g/mol. The Bertz CT molecular complexity index is 352. The summed E-state index contributed by atoms with van der Waals surface area (Å²) < 4.78 is 0. The van der Waals surface area contributed by atoms with E-state index in [1.807, 2.05) is 19.0 Å². The van der Waals surface area contributed by atoms with E-state index in [2.05, 4.69) is 0 Å². The van der Waals surface area contributed by atoms with Crippen LogP contribution in [0.5, 0.6) is 0 Å². The maximum atomic E-state index is 11.1. The number of likely N-dealkylation sites (N-methyl/N-ethyl adjacent to an activating group) is 1. The summed E-state index contributed by atoms with van der Waals surface area (Å²) >= 11 is 5.96. The number of carbonyl (C=O) groups is 1. The van der Waals surface area contributed by atoms with Crippen LogP contribution in [-0.4, -0.2) is 36.6 Å². The molecule has 0 aliphatic heterocycles. The fourth-order valence-electron chi connectivity index (χ4n) is 1.43. The summed E-state index contributed by atoms with van der Waals surface area (Å²) in [6, 6.07) is 7.06. The summed E-state index contributed by atoms with van der Waals surface area (Å²) in [4.78, 5) is 12.9. The Hall–Kier alpha value is -1.06. The minimum Gasteiger partial charge on any atom is -0.481 e. The molecule has 1 aromatic carbocycles. The summed E-state index contributed by atoms with van der Waals surface area (Å²) in [7, 11) is 3.68. The molecule has 0 amide bonds. The zero-order chi connectivity index (χ0) is 11.4. The molecule has 1 atom stereocenters. The van der Waals surface area contributed by atoms with Crippen molar-refractivity contribution in [1.82, 2.24) is 4.90 Å². The SMILES string of the molecule is CN(C)CC(C(=O)O)c1ccccc1Cl. The third kappa shape index (κ3) is 3.22. The number of rotatable bonds is 4. The van der Waals surface area contributed by atoms with E-state index in [4.69, 9.17) is 16.7 Å². The standard InChI is InChI=1S/C11H14ClNO2/c1-13(2)7-9(11(14)15)8-5-3-4-6-10(8)12/h3-6,9H,7H2,1-2H3,(H,14,15). The summed E-state index contributed by atoms with van der Waals surface area (Å²) in [5.74, 6) is -1.43. The summed E-state index contributed by atoms with van der Waals surface area (Å²) in [5.41, 5.74) is 0.667. The van der Waals surface area contributed by atoms with Crippen molar-refractivity contribution < 1.29 is 9.90 Å². The number of benzene rings is 1. The number of carboxylic acid groups (broad SMARTS) is 1. The molecule has 1 unspecified atom stereocenters. The number of halogens is 1. The van der Waals surface area contributed by atoms with E-state index < -0.39 is 11.9 Å². The smallest absolute Gasteiger partial charge is 0.312 e. The van der Waals surface area contributed by atoms with Gasteiger partial charge >= 0.3 is 5.97 Å². The Morgan fingerprint density at radius 2 is 2.07 bits per heavy atom. The first kappa shape index (κ1) is 12.0. The predicted molar refractivity (Wildman–Crippen MR) is 60.4 cm³/mol. The molecule has 0 heterocycles. The normalized spacial score (nSPS) is 12.8. The van der Waals surface area contributed by atoms with Gasteiger partial charge in [-0.05, 0) is 25.7 Å². The lowest BCUT2D eigenvalue weighted by Gasteiger charge is -2.18. The first-order valence-corrected chi connectivity index (χ1v) is 5.02. The second-order valence-electron chi connectivity index (χ2n) is 3.67. The Kier molecular flexibility index (Phi) is 4.12. The van der Waals surface area contributed by atoms with Crippen molar-refractivity contribution in [3.05, 3.63) is 34.9 Å². The summed E-state index contributed by atoms with van der Waals surface area (Å²) in [5, 5.41) is 9.62. The van der Waals surface area contributed by atoms with Crippen molar-refractivity contribution in [2.75, 3.05) is 20.6 Å². The molecule has 15 heavy (non-hydrogen) atoms. The molecule has 0 saturated heterocycles. The molecule has 0 spiro atoms. The molecule has 3 nitrogen and oxygen atoms in total. The van der Waals surface area contributed by atoms with Crippen LogP contribution >= 0.6 is 11.6 Å². The molecule has 1 aromatic rings. The van der Waals surface area contributed by atoms with Crippen LogP contribution in [0.3, 0.4) is 0 Å². The Balaban J connectivity index is 2.99. The number of hydrogen-bond acceptors (Lipinski definition) is 2. The monoisotopic (exact) mass is 227 g/mol. The van der Waals surface area contributed by atoms with E-state index in [1.54, 1.807) is 24.3 Å². The van der Waals surface area contributed by atoms with Crippen molar-refractivity contribution in [1.29, 1.82) is 0 Å². The first-order chi connectivity index (χ1) is 7.02. The molecule has 0 fully saturated rings. The van der Waals surface area contributed by atoms with Crippen LogP contribution in [0.15, 0.2) is 24.3 Å². The molecule has 0 saturated carbocycles. The molecule has 0 aliphatic rings. The van der Waals surface area contributed by atoms with Crippen LogP contribution in [0, 0.1) is 0 Å². The van der Waals surface area contributed by atoms with Gasteiger partial charge in [0, 0.05) is 11.6 Å². The third-order valence-corrected chi connectivity index (χ3v) is 2.47. The molecule has 4 heteroatoms. The van der Waals surface area contributed by atoms with Gasteiger partial charge in [-0.25, -0.2) is 0 Å². The predicted octanol–water partition coefficient (Wildman–Crippen LogP) is 2.07. The van der Waals surface area contributed by atoms with Gasteiger partial charge in [-0.2, -0.15) is 0 Å². The van der Waals surface area contributed by atoms with Crippen LogP contribution in [0.1, 0.15) is 11.5 Å². The van der Waals surface area contributed by atoms with Crippen LogP contribution in [0.2, 0.25) is 5.02 Å². The van der Waals surface area contributed by atoms with E-state index in [0.717, 1.165) is 0 Å². The van der Waals surface area contributed by atoms with Crippen molar-refractivity contribution in [3.63, 3.8) is 0 Å². The number of carboxylic acids is 1. The number of nitrogens with zero attached hydrogens (tertiary/aromatic N) is 1. The average molecular weight is 228 g/mol. The molecule has 0 bridgehead atoms. The second kappa shape index (κ2) is 5.14. The van der Waals surface area contributed by atoms with Gasteiger partial charge in [-0.1, -0.05) is 29.8 Å². The van der Waals surface area contributed by atoms with Gasteiger partial charge in [0.25, 0.3) is 0 Å². The van der Waals surface area contributed by atoms with Crippen LogP contribution in [0.25, 0.3) is 0 Å². The highest BCUT2D eigenvalue weighted by molar-refractivity contribution is 6.31. The number of aliphatic carboxylic acids is 1. The average Bonchev–Trinajstić information content (AvgIpc) is 2.15. The molecular formula is C11H14ClNO2. The van der Waals surface area contributed by atoms with E-state index in [1.165, 1.54) is 0 Å². The van der Waals surface area contributed by atoms with Gasteiger partial charge in [0.2, 0.25) is 0 Å². The molecule has 0 aromatic heterocycles. The number of hydrogen-bond donors (Lipinski definition) is 1. The Labute approximate surface area is 94.3 Å². The van der Waals surface area contributed by atoms with E-state index >= 15 is 0 Å². The zero-order valence-corrected chi connectivity index (χ0v) is 9.53. The van der Waals surface area contributed by atoms with Crippen LogP contribution in [0.4, 0.5) is 0 Å². The minimum atomic E-state index is -0.850. The topological polar surface area (TPSA) is 40.5 Å². The van der Waals surface area contributed by atoms with Crippen molar-refractivity contribution >= 4 is 17.6 Å². The van der Waals surface area contributed by atoms with Gasteiger partial charge < -0.3 is 10.0 Å². The zero-order valence-electron chi connectivity index (χ0n) is 8.77. The van der Waals surface area contributed by atoms with Gasteiger partial charge in [-0.15, -0.1) is 0 Å². The maximum Gasteiger partial charge on any atom is 0.312 e. The minimum absolute atomic E-state index is 0.444. The Morgan fingerprint density at radius 1 is 1.47 bits per heavy atom. The summed E-state index contributed by atoms with van der Waals surface area (Å²) in [6.07, 6.45) is 0. The van der Waals surface area contributed by atoms with Crippen molar-refractivity contribution in [2.24, 2.45) is 0 Å². The van der Waals surface area contributed by atoms with Gasteiger partial charge in [0.05, 0.1) is 5.92 Å². The highest BCUT2D eigenvalue weighted by Crippen LogP contribution is 2.25. The maximum absolute atomic E-state index is 11.1. The molecule has 82 valence electrons. The molecule has 0 aliphatic carbocycles. The molecule has 1 N–H and O–H groups in total. The van der Waals surface area contributed by atoms with Crippen LogP contribution < -0.4 is 0 Å². The lowest BCUT2D eigenvalue weighted by Crippen LogP contribution is -2.26. The lowest BCUT2D eigenvalue weighted by molar-refractivity contribution is -0.139. The van der Waals surface area contributed by atoms with Gasteiger partial charge in [-0.3, -0.25) is 4.79 Å². The fraction of sp³-hybridized carbons (Fsp3) is 0.364. The van der Waals surface area contributed by atoms with Crippen LogP contribution in [-0.2, 0) is 4.79 Å². The highest BCUT2D eigenvalue weighted by Gasteiger charge is 2.22. The second-order valence-corrected chi connectivity index (χ2v) is 4.08. The van der Waals surface area contributed by atoms with Crippen molar-refractivity contribution in [2.45, 2.75) is 5.92 Å². The van der Waals surface area contributed by atoms with Gasteiger partial charge in [0.15, 0.2) is 0 Å². The van der Waals surface area contributed by atoms with E-state index in [0.29, 0.717) is 17.1 Å². The summed E-state index contributed by atoms with van der Waals surface area (Å²) in [6.45, 7) is 0.444. The van der Waals surface area contributed by atoms with Gasteiger partial charge in [0.1, 0.15) is 0 Å². The largest absolute Gasteiger partial charge is 0.481 e. The third-order valence-electron chi connectivity index (χ3n) is 2.13. The Morgan fingerprint density at radius 3 is 2.53 bits per heavy atom. The quantitative estimate of drug-likeness (QED) is 0.856. The fourth-order valence-corrected chi connectivity index (χ4v) is 1.70. The van der Waals surface area contributed by atoms with E-state index in [9.17, 15) is 4.79 Å². The van der Waals surface area contributed by atoms with Crippen molar-refractivity contribution in [3.8, 4) is 0 Å².